The number of hydrogen-bond acceptors (Lipinski definition) is 3. The van der Waals surface area contributed by atoms with Crippen molar-refractivity contribution in [1.29, 1.82) is 0 Å². The highest BCUT2D eigenvalue weighted by Crippen LogP contribution is 2.08. The first-order valence-electron chi connectivity index (χ1n) is 4.06. The van der Waals surface area contributed by atoms with E-state index in [1.165, 1.54) is 0 Å². The van der Waals surface area contributed by atoms with Crippen molar-refractivity contribution in [2.24, 2.45) is 0 Å². The Bertz CT molecular complexity index is 480. The summed E-state index contributed by atoms with van der Waals surface area (Å²) in [6.45, 7) is 0. The largest absolute Gasteiger partial charge is 0.278 e. The predicted molar refractivity (Wildman–Crippen MR) is 59.1 cm³/mol. The summed E-state index contributed by atoms with van der Waals surface area (Å²) in [5.41, 5.74) is 0.714. The summed E-state index contributed by atoms with van der Waals surface area (Å²) in [6, 6.07) is 6.82. The number of benzene rings is 1. The molecule has 0 aliphatic heterocycles. The first-order chi connectivity index (χ1) is 7.03. The van der Waals surface area contributed by atoms with E-state index >= 15 is 0 Å². The molecule has 0 fully saturated rings. The molecule has 0 unspecified atom stereocenters. The minimum atomic E-state index is -3.50. The van der Waals surface area contributed by atoms with Crippen molar-refractivity contribution in [3.05, 3.63) is 34.9 Å². The summed E-state index contributed by atoms with van der Waals surface area (Å²) in [6.07, 6.45) is 0. The molecular formula is C10H9ClO3S. The lowest BCUT2D eigenvalue weighted by atomic mass is 10.2. The molecule has 0 spiro atoms. The van der Waals surface area contributed by atoms with E-state index < -0.39 is 10.1 Å². The van der Waals surface area contributed by atoms with E-state index in [9.17, 15) is 8.42 Å². The third kappa shape index (κ3) is 4.34. The van der Waals surface area contributed by atoms with E-state index in [0.29, 0.717) is 10.6 Å². The van der Waals surface area contributed by atoms with Gasteiger partial charge in [-0.15, -0.1) is 0 Å². The summed E-state index contributed by atoms with van der Waals surface area (Å²) in [5.74, 6) is 4.89. The number of halogens is 1. The van der Waals surface area contributed by atoms with E-state index in [0.717, 1.165) is 7.11 Å². The highest BCUT2D eigenvalue weighted by Gasteiger charge is 2.03. The summed E-state index contributed by atoms with van der Waals surface area (Å²) >= 11 is 5.68. The van der Waals surface area contributed by atoms with Crippen LogP contribution in [0.15, 0.2) is 24.3 Å². The number of rotatable bonds is 2. The summed E-state index contributed by atoms with van der Waals surface area (Å²) < 4.78 is 26.0. The monoisotopic (exact) mass is 244 g/mol. The highest BCUT2D eigenvalue weighted by molar-refractivity contribution is 7.86. The Morgan fingerprint density at radius 3 is 2.47 bits per heavy atom. The van der Waals surface area contributed by atoms with E-state index in [1.54, 1.807) is 24.3 Å². The molecule has 1 aromatic carbocycles. The summed E-state index contributed by atoms with van der Waals surface area (Å²) in [5, 5.41) is 0.616. The molecule has 80 valence electrons. The molecule has 0 aromatic heterocycles. The van der Waals surface area contributed by atoms with Crippen molar-refractivity contribution >= 4 is 21.7 Å². The van der Waals surface area contributed by atoms with Crippen LogP contribution in [0.2, 0.25) is 5.02 Å². The van der Waals surface area contributed by atoms with Gasteiger partial charge in [-0.3, -0.25) is 4.18 Å². The lowest BCUT2D eigenvalue weighted by Crippen LogP contribution is -2.05. The van der Waals surface area contributed by atoms with Gasteiger partial charge >= 0.3 is 0 Å². The second kappa shape index (κ2) is 5.17. The molecule has 1 aromatic rings. The van der Waals surface area contributed by atoms with Crippen LogP contribution in [0.3, 0.4) is 0 Å². The van der Waals surface area contributed by atoms with Gasteiger partial charge in [-0.1, -0.05) is 23.4 Å². The molecule has 15 heavy (non-hydrogen) atoms. The lowest BCUT2D eigenvalue weighted by molar-refractivity contribution is 0.401. The zero-order chi connectivity index (χ0) is 11.3. The quantitative estimate of drug-likeness (QED) is 0.587. The van der Waals surface area contributed by atoms with Crippen LogP contribution in [0, 0.1) is 11.8 Å². The van der Waals surface area contributed by atoms with Crippen molar-refractivity contribution in [3.8, 4) is 11.8 Å². The number of hydrogen-bond donors (Lipinski definition) is 0. The fraction of sp³-hybridized carbons (Fsp3) is 0.200. The molecule has 0 radical (unpaired) electrons. The van der Waals surface area contributed by atoms with E-state index in [1.807, 2.05) is 0 Å². The van der Waals surface area contributed by atoms with E-state index in [2.05, 4.69) is 16.0 Å². The third-order valence-electron chi connectivity index (χ3n) is 1.58. The molecule has 0 heterocycles. The van der Waals surface area contributed by atoms with Crippen molar-refractivity contribution < 1.29 is 12.6 Å². The standard InChI is InChI=1S/C10H9ClO3S/c1-14-15(12,13)8-2-3-9-4-6-10(11)7-5-9/h4-7H,8H2,1H3. The Labute approximate surface area is 94.1 Å². The summed E-state index contributed by atoms with van der Waals surface area (Å²) in [4.78, 5) is 0. The van der Waals surface area contributed by atoms with Crippen LogP contribution in [0.4, 0.5) is 0 Å². The lowest BCUT2D eigenvalue weighted by Gasteiger charge is -1.93. The second-order valence-electron chi connectivity index (χ2n) is 2.68. The van der Waals surface area contributed by atoms with Gasteiger partial charge in [0, 0.05) is 10.6 Å². The van der Waals surface area contributed by atoms with Crippen molar-refractivity contribution in [2.45, 2.75) is 0 Å². The van der Waals surface area contributed by atoms with Gasteiger partial charge in [0.2, 0.25) is 0 Å². The topological polar surface area (TPSA) is 43.4 Å². The van der Waals surface area contributed by atoms with E-state index in [4.69, 9.17) is 11.6 Å². The Morgan fingerprint density at radius 1 is 1.33 bits per heavy atom. The fourth-order valence-corrected chi connectivity index (χ4v) is 1.31. The predicted octanol–water partition coefficient (Wildman–Crippen LogP) is 1.67. The van der Waals surface area contributed by atoms with E-state index in [-0.39, 0.29) is 5.75 Å². The third-order valence-corrected chi connectivity index (χ3v) is 2.84. The average Bonchev–Trinajstić information content (AvgIpc) is 2.21. The first-order valence-corrected chi connectivity index (χ1v) is 6.02. The minimum Gasteiger partial charge on any atom is -0.273 e. The Balaban J connectivity index is 2.71. The molecule has 0 saturated heterocycles. The highest BCUT2D eigenvalue weighted by atomic mass is 35.5. The van der Waals surface area contributed by atoms with Crippen LogP contribution in [0.1, 0.15) is 5.56 Å². The molecule has 0 saturated carbocycles. The van der Waals surface area contributed by atoms with Crippen LogP contribution in [-0.2, 0) is 14.3 Å². The zero-order valence-corrected chi connectivity index (χ0v) is 9.60. The smallest absolute Gasteiger partial charge is 0.273 e. The molecule has 1 rings (SSSR count). The minimum absolute atomic E-state index is 0.313. The normalized spacial score (nSPS) is 10.5. The van der Waals surface area contributed by atoms with Crippen molar-refractivity contribution in [3.63, 3.8) is 0 Å². The molecule has 0 aliphatic rings. The van der Waals surface area contributed by atoms with Crippen LogP contribution < -0.4 is 0 Å². The van der Waals surface area contributed by atoms with Gasteiger partial charge in [0.05, 0.1) is 7.11 Å². The van der Waals surface area contributed by atoms with Gasteiger partial charge in [0.1, 0.15) is 5.75 Å². The molecule has 0 aliphatic carbocycles. The Kier molecular flexibility index (Phi) is 4.15. The van der Waals surface area contributed by atoms with Crippen molar-refractivity contribution in [2.75, 3.05) is 12.9 Å². The van der Waals surface area contributed by atoms with Crippen LogP contribution in [0.25, 0.3) is 0 Å². The van der Waals surface area contributed by atoms with Gasteiger partial charge in [0.25, 0.3) is 10.1 Å². The molecule has 0 atom stereocenters. The SMILES string of the molecule is COS(=O)(=O)CC#Cc1ccc(Cl)cc1. The second-order valence-corrected chi connectivity index (χ2v) is 4.85. The van der Waals surface area contributed by atoms with Gasteiger partial charge in [-0.2, -0.15) is 8.42 Å². The molecule has 5 heteroatoms. The Morgan fingerprint density at radius 2 is 1.93 bits per heavy atom. The van der Waals surface area contributed by atoms with Gasteiger partial charge in [0.15, 0.2) is 0 Å². The molecule has 3 nitrogen and oxygen atoms in total. The Hall–Kier alpha value is -1.02. The van der Waals surface area contributed by atoms with Gasteiger partial charge in [-0.25, -0.2) is 0 Å². The average molecular weight is 245 g/mol. The molecule has 0 bridgehead atoms. The van der Waals surface area contributed by atoms with Crippen molar-refractivity contribution in [1.82, 2.24) is 0 Å². The zero-order valence-electron chi connectivity index (χ0n) is 8.03. The molecular weight excluding hydrogens is 236 g/mol. The maximum Gasteiger partial charge on any atom is 0.278 e. The maximum atomic E-state index is 10.9. The maximum absolute atomic E-state index is 10.9. The van der Waals surface area contributed by atoms with Gasteiger partial charge < -0.3 is 0 Å². The van der Waals surface area contributed by atoms with Crippen LogP contribution >= 0.6 is 11.6 Å². The van der Waals surface area contributed by atoms with Crippen LogP contribution in [0.5, 0.6) is 0 Å². The van der Waals surface area contributed by atoms with Crippen LogP contribution in [-0.4, -0.2) is 21.3 Å². The van der Waals surface area contributed by atoms with Gasteiger partial charge in [-0.05, 0) is 24.3 Å². The fourth-order valence-electron chi connectivity index (χ4n) is 0.819. The molecule has 0 N–H and O–H groups in total. The molecule has 0 amide bonds. The first kappa shape index (κ1) is 12.1. The summed E-state index contributed by atoms with van der Waals surface area (Å²) in [7, 11) is -2.39.